The molecule has 3 rings (SSSR count). The van der Waals surface area contributed by atoms with Crippen LogP contribution in [0.25, 0.3) is 0 Å². The first-order valence-corrected chi connectivity index (χ1v) is 7.45. The van der Waals surface area contributed by atoms with Crippen molar-refractivity contribution in [3.05, 3.63) is 24.2 Å². The minimum absolute atomic E-state index is 0.147. The molecule has 19 heavy (non-hydrogen) atoms. The lowest BCUT2D eigenvalue weighted by molar-refractivity contribution is 0.421. The first-order valence-electron chi connectivity index (χ1n) is 5.97. The van der Waals surface area contributed by atoms with Gasteiger partial charge < -0.3 is 9.32 Å². The van der Waals surface area contributed by atoms with E-state index < -0.39 is 10.0 Å². The van der Waals surface area contributed by atoms with Crippen LogP contribution in [0.1, 0.15) is 13.3 Å². The van der Waals surface area contributed by atoms with Gasteiger partial charge >= 0.3 is 5.22 Å². The lowest BCUT2D eigenvalue weighted by Gasteiger charge is -2.19. The lowest BCUT2D eigenvalue weighted by Crippen LogP contribution is -2.37. The van der Waals surface area contributed by atoms with E-state index in [9.17, 15) is 8.42 Å². The molecule has 0 saturated carbocycles. The fourth-order valence-electron chi connectivity index (χ4n) is 2.27. The standard InChI is InChI=1S/C11H14N4O3S/c1-8-4-10-5-9(6-15(10)7-13-8)14-19(16,17)11-12-2-3-18-11/h2-4,7-9,14H,5-6H2,1H3/t8-,9-/m0/s1. The summed E-state index contributed by atoms with van der Waals surface area (Å²) in [6.45, 7) is 2.56. The topological polar surface area (TPSA) is 87.8 Å². The van der Waals surface area contributed by atoms with Crippen molar-refractivity contribution in [2.75, 3.05) is 6.54 Å². The number of oxazole rings is 1. The Hall–Kier alpha value is -1.67. The summed E-state index contributed by atoms with van der Waals surface area (Å²) in [4.78, 5) is 9.89. The molecule has 1 aromatic heterocycles. The average Bonchev–Trinajstić information content (AvgIpc) is 2.95. The number of hydrogen-bond acceptors (Lipinski definition) is 6. The molecule has 3 heterocycles. The predicted molar refractivity (Wildman–Crippen MR) is 68.0 cm³/mol. The summed E-state index contributed by atoms with van der Waals surface area (Å²) in [6, 6.07) is -0.0479. The summed E-state index contributed by atoms with van der Waals surface area (Å²) in [7, 11) is -3.68. The molecule has 8 heteroatoms. The normalized spacial score (nSPS) is 26.4. The van der Waals surface area contributed by atoms with Gasteiger partial charge in [-0.25, -0.2) is 18.1 Å². The van der Waals surface area contributed by atoms with Crippen LogP contribution in [0.15, 0.2) is 38.9 Å². The molecule has 0 unspecified atom stereocenters. The number of rotatable bonds is 3. The molecule has 1 saturated heterocycles. The Morgan fingerprint density at radius 2 is 2.37 bits per heavy atom. The molecule has 0 spiro atoms. The van der Waals surface area contributed by atoms with Gasteiger partial charge in [-0.3, -0.25) is 4.99 Å². The van der Waals surface area contributed by atoms with Crippen LogP contribution in [0.5, 0.6) is 0 Å². The summed E-state index contributed by atoms with van der Waals surface area (Å²) < 4.78 is 31.4. The zero-order valence-electron chi connectivity index (χ0n) is 10.4. The summed E-state index contributed by atoms with van der Waals surface area (Å²) in [6.07, 6.45) is 7.00. The van der Waals surface area contributed by atoms with E-state index in [1.807, 2.05) is 17.9 Å². The highest BCUT2D eigenvalue weighted by Crippen LogP contribution is 2.24. The summed E-state index contributed by atoms with van der Waals surface area (Å²) in [5.74, 6) is 0. The third kappa shape index (κ3) is 2.41. The monoisotopic (exact) mass is 282 g/mol. The molecule has 0 bridgehead atoms. The number of aromatic nitrogens is 1. The zero-order valence-corrected chi connectivity index (χ0v) is 11.2. The lowest BCUT2D eigenvalue weighted by atomic mass is 10.2. The highest BCUT2D eigenvalue weighted by molar-refractivity contribution is 7.89. The van der Waals surface area contributed by atoms with Crippen LogP contribution in [0.3, 0.4) is 0 Å². The molecule has 2 aliphatic heterocycles. The Morgan fingerprint density at radius 1 is 1.53 bits per heavy atom. The second kappa shape index (κ2) is 4.46. The molecule has 2 atom stereocenters. The number of nitrogens with zero attached hydrogens (tertiary/aromatic N) is 3. The molecule has 1 N–H and O–H groups in total. The maximum Gasteiger partial charge on any atom is 0.330 e. The molecule has 0 aromatic carbocycles. The van der Waals surface area contributed by atoms with E-state index in [2.05, 4.69) is 14.7 Å². The predicted octanol–water partition coefficient (Wildman–Crippen LogP) is 0.341. The van der Waals surface area contributed by atoms with Crippen molar-refractivity contribution in [2.45, 2.75) is 30.7 Å². The molecule has 7 nitrogen and oxygen atoms in total. The van der Waals surface area contributed by atoms with Crippen LogP contribution < -0.4 is 4.72 Å². The van der Waals surface area contributed by atoms with Gasteiger partial charge in [0.15, 0.2) is 0 Å². The maximum atomic E-state index is 12.0. The Balaban J connectivity index is 1.73. The highest BCUT2D eigenvalue weighted by Gasteiger charge is 2.32. The Morgan fingerprint density at radius 3 is 3.11 bits per heavy atom. The minimum Gasteiger partial charge on any atom is -0.436 e. The van der Waals surface area contributed by atoms with E-state index in [1.165, 1.54) is 12.5 Å². The number of fused-ring (bicyclic) bond motifs is 1. The molecule has 0 amide bonds. The Kier molecular flexibility index (Phi) is 2.90. The van der Waals surface area contributed by atoms with E-state index in [0.717, 1.165) is 5.70 Å². The van der Waals surface area contributed by atoms with Gasteiger partial charge in [0.05, 0.1) is 18.6 Å². The number of aliphatic imine (C=N–C) groups is 1. The largest absolute Gasteiger partial charge is 0.436 e. The Bertz CT molecular complexity index is 620. The third-order valence-corrected chi connectivity index (χ3v) is 4.38. The van der Waals surface area contributed by atoms with E-state index in [1.54, 1.807) is 6.34 Å². The fraction of sp³-hybridized carbons (Fsp3) is 0.455. The number of nitrogens with one attached hydrogen (secondary N) is 1. The van der Waals surface area contributed by atoms with Crippen molar-refractivity contribution in [3.8, 4) is 0 Å². The van der Waals surface area contributed by atoms with Crippen molar-refractivity contribution in [1.29, 1.82) is 0 Å². The van der Waals surface area contributed by atoms with Gasteiger partial charge in [0.25, 0.3) is 10.0 Å². The second-order valence-electron chi connectivity index (χ2n) is 4.64. The fourth-order valence-corrected chi connectivity index (χ4v) is 3.35. The molecule has 0 radical (unpaired) electrons. The molecular formula is C11H14N4O3S. The highest BCUT2D eigenvalue weighted by atomic mass is 32.2. The summed E-state index contributed by atoms with van der Waals surface area (Å²) in [5, 5.41) is -0.298. The van der Waals surface area contributed by atoms with E-state index in [0.29, 0.717) is 13.0 Å². The molecule has 102 valence electrons. The maximum absolute atomic E-state index is 12.0. The van der Waals surface area contributed by atoms with Crippen LogP contribution in [0.2, 0.25) is 0 Å². The van der Waals surface area contributed by atoms with E-state index >= 15 is 0 Å². The van der Waals surface area contributed by atoms with Crippen molar-refractivity contribution in [3.63, 3.8) is 0 Å². The van der Waals surface area contributed by atoms with Crippen molar-refractivity contribution >= 4 is 16.4 Å². The SMILES string of the molecule is C[C@H]1C=C2C[C@H](NS(=O)(=O)c3ncco3)CN2C=N1. The smallest absolute Gasteiger partial charge is 0.330 e. The van der Waals surface area contributed by atoms with Gasteiger partial charge in [0, 0.05) is 24.7 Å². The van der Waals surface area contributed by atoms with E-state index in [-0.39, 0.29) is 17.3 Å². The zero-order chi connectivity index (χ0) is 13.5. The Labute approximate surface area is 111 Å². The second-order valence-corrected chi connectivity index (χ2v) is 6.23. The minimum atomic E-state index is -3.68. The average molecular weight is 282 g/mol. The number of sulfonamides is 1. The molecule has 1 fully saturated rings. The van der Waals surface area contributed by atoms with Crippen molar-refractivity contribution < 1.29 is 12.8 Å². The van der Waals surface area contributed by atoms with Crippen LogP contribution in [-0.4, -0.2) is 43.3 Å². The summed E-state index contributed by atoms with van der Waals surface area (Å²) in [5.41, 5.74) is 1.10. The third-order valence-electron chi connectivity index (χ3n) is 3.08. The van der Waals surface area contributed by atoms with Crippen LogP contribution >= 0.6 is 0 Å². The van der Waals surface area contributed by atoms with Crippen molar-refractivity contribution in [2.24, 2.45) is 4.99 Å². The number of hydrogen-bond donors (Lipinski definition) is 1. The molecule has 0 aliphatic carbocycles. The van der Waals surface area contributed by atoms with E-state index in [4.69, 9.17) is 4.42 Å². The van der Waals surface area contributed by atoms with Crippen LogP contribution in [0.4, 0.5) is 0 Å². The van der Waals surface area contributed by atoms with Gasteiger partial charge in [-0.1, -0.05) is 0 Å². The molecule has 2 aliphatic rings. The quantitative estimate of drug-likeness (QED) is 0.863. The molecule has 1 aromatic rings. The van der Waals surface area contributed by atoms with Crippen LogP contribution in [-0.2, 0) is 10.0 Å². The first kappa shape index (κ1) is 12.4. The van der Waals surface area contributed by atoms with Gasteiger partial charge in [0.2, 0.25) is 0 Å². The van der Waals surface area contributed by atoms with Gasteiger partial charge in [-0.15, -0.1) is 0 Å². The van der Waals surface area contributed by atoms with Gasteiger partial charge in [-0.05, 0) is 13.0 Å². The molecular weight excluding hydrogens is 268 g/mol. The first-order chi connectivity index (χ1) is 9.04. The summed E-state index contributed by atoms with van der Waals surface area (Å²) >= 11 is 0. The van der Waals surface area contributed by atoms with Gasteiger partial charge in [-0.2, -0.15) is 0 Å². The van der Waals surface area contributed by atoms with Crippen LogP contribution in [0, 0.1) is 0 Å². The van der Waals surface area contributed by atoms with Gasteiger partial charge in [0.1, 0.15) is 6.26 Å². The van der Waals surface area contributed by atoms with Crippen molar-refractivity contribution in [1.82, 2.24) is 14.6 Å².